The van der Waals surface area contributed by atoms with Crippen LogP contribution in [-0.4, -0.2) is 49.6 Å². The Balaban J connectivity index is 1.24. The van der Waals surface area contributed by atoms with Crippen molar-refractivity contribution in [3.05, 3.63) is 101 Å². The second-order valence-electron chi connectivity index (χ2n) is 9.54. The summed E-state index contributed by atoms with van der Waals surface area (Å²) in [4.78, 5) is 38.5. The van der Waals surface area contributed by atoms with Gasteiger partial charge in [-0.15, -0.1) is 16.4 Å². The first kappa shape index (κ1) is 23.3. The molecule has 1 atom stereocenters. The van der Waals surface area contributed by atoms with Crippen molar-refractivity contribution in [1.82, 2.24) is 30.0 Å². The number of nitrogens with one attached hydrogen (secondary N) is 2. The number of aromatic nitrogens is 5. The molecule has 0 fully saturated rings. The zero-order valence-electron chi connectivity index (χ0n) is 21.0. The Labute approximate surface area is 227 Å². The molecular weight excluding hydrogens is 510 g/mol. The summed E-state index contributed by atoms with van der Waals surface area (Å²) in [7, 11) is 1.74. The third-order valence-electron chi connectivity index (χ3n) is 7.14. The minimum absolute atomic E-state index is 0.0152. The first-order valence-electron chi connectivity index (χ1n) is 12.6. The van der Waals surface area contributed by atoms with E-state index in [0.717, 1.165) is 43.6 Å². The van der Waals surface area contributed by atoms with Crippen LogP contribution in [0.1, 0.15) is 26.9 Å². The third-order valence-corrected chi connectivity index (χ3v) is 8.02. The molecule has 0 aliphatic carbocycles. The lowest BCUT2D eigenvalue weighted by Gasteiger charge is -2.22. The van der Waals surface area contributed by atoms with Gasteiger partial charge in [0.15, 0.2) is 0 Å². The van der Waals surface area contributed by atoms with Crippen LogP contribution in [-0.2, 0) is 17.6 Å². The normalized spacial score (nSPS) is 15.2. The third kappa shape index (κ3) is 3.96. The topological polar surface area (TPSA) is 109 Å². The number of nitrogens with zero attached hydrogens (tertiary/aromatic N) is 5. The molecular formula is C29H23N7O2S. The summed E-state index contributed by atoms with van der Waals surface area (Å²) >= 11 is 1.61. The van der Waals surface area contributed by atoms with Crippen molar-refractivity contribution in [2.75, 3.05) is 11.9 Å². The molecule has 6 aromatic rings. The van der Waals surface area contributed by atoms with Gasteiger partial charge in [-0.1, -0.05) is 36.4 Å². The molecule has 2 N–H and O–H groups in total. The number of fused-ring (bicyclic) bond motifs is 1. The largest absolute Gasteiger partial charge is 0.337 e. The molecule has 0 bridgehead atoms. The fourth-order valence-electron chi connectivity index (χ4n) is 5.30. The standard InChI is InChI=1S/C29H23N7O2S/c1-35-22-9-4-10-23-25(22)18(16-36(23)27-20-8-3-2-6-17(20)11-12-30-27)14-21(29(35)38)31-28(37)26-32-24(33-34-26)15-19-7-5-13-39-19/h2-13,16,21H,14-15H2,1H3,(H,31,37)(H,32,33,34)/t21-/m0/s1. The molecule has 9 nitrogen and oxygen atoms in total. The predicted octanol–water partition coefficient (Wildman–Crippen LogP) is 4.27. The van der Waals surface area contributed by atoms with E-state index in [9.17, 15) is 9.59 Å². The zero-order chi connectivity index (χ0) is 26.5. The number of thiophene rings is 1. The Kier molecular flexibility index (Phi) is 5.48. The van der Waals surface area contributed by atoms with Crippen LogP contribution < -0.4 is 10.2 Å². The molecule has 192 valence electrons. The molecule has 0 radical (unpaired) electrons. The SMILES string of the molecule is CN1C(=O)[C@@H](NC(=O)c2n[nH]c(Cc3cccs3)n2)Cc2cn(-c3nccc4ccccc34)c3cccc1c23. The molecule has 4 aromatic heterocycles. The van der Waals surface area contributed by atoms with Crippen LogP contribution in [0.3, 0.4) is 0 Å². The molecule has 39 heavy (non-hydrogen) atoms. The van der Waals surface area contributed by atoms with E-state index < -0.39 is 11.9 Å². The molecule has 0 saturated heterocycles. The summed E-state index contributed by atoms with van der Waals surface area (Å²) in [5.41, 5.74) is 2.69. The van der Waals surface area contributed by atoms with Crippen molar-refractivity contribution in [3.63, 3.8) is 0 Å². The highest BCUT2D eigenvalue weighted by molar-refractivity contribution is 7.09. The van der Waals surface area contributed by atoms with E-state index in [2.05, 4.69) is 37.2 Å². The maximum atomic E-state index is 13.5. The van der Waals surface area contributed by atoms with Gasteiger partial charge in [-0.25, -0.2) is 9.97 Å². The highest BCUT2D eigenvalue weighted by atomic mass is 32.1. The minimum Gasteiger partial charge on any atom is -0.337 e. The molecule has 2 aromatic carbocycles. The van der Waals surface area contributed by atoms with Crippen molar-refractivity contribution < 1.29 is 9.59 Å². The average Bonchev–Trinajstić information content (AvgIpc) is 3.71. The first-order valence-corrected chi connectivity index (χ1v) is 13.4. The van der Waals surface area contributed by atoms with Crippen molar-refractivity contribution in [3.8, 4) is 5.82 Å². The number of pyridine rings is 1. The van der Waals surface area contributed by atoms with E-state index in [1.165, 1.54) is 0 Å². The van der Waals surface area contributed by atoms with E-state index >= 15 is 0 Å². The highest BCUT2D eigenvalue weighted by Gasteiger charge is 2.33. The van der Waals surface area contributed by atoms with Crippen molar-refractivity contribution >= 4 is 50.5 Å². The molecule has 1 aliphatic heterocycles. The number of rotatable bonds is 5. The van der Waals surface area contributed by atoms with Gasteiger partial charge in [0.25, 0.3) is 5.91 Å². The van der Waals surface area contributed by atoms with Gasteiger partial charge in [-0.2, -0.15) is 0 Å². The van der Waals surface area contributed by atoms with Crippen LogP contribution in [0.4, 0.5) is 5.69 Å². The van der Waals surface area contributed by atoms with Gasteiger partial charge in [0.2, 0.25) is 11.7 Å². The number of aromatic amines is 1. The molecule has 0 spiro atoms. The molecule has 0 unspecified atom stereocenters. The number of carbonyl (C=O) groups is 2. The highest BCUT2D eigenvalue weighted by Crippen LogP contribution is 2.37. The molecule has 1 aliphatic rings. The average molecular weight is 534 g/mol. The van der Waals surface area contributed by atoms with Gasteiger partial charge in [-0.05, 0) is 40.6 Å². The molecule has 5 heterocycles. The molecule has 7 rings (SSSR count). The summed E-state index contributed by atoms with van der Waals surface area (Å²) in [6, 6.07) is 19.2. The Morgan fingerprint density at radius 1 is 1.13 bits per heavy atom. The van der Waals surface area contributed by atoms with Crippen LogP contribution in [0.15, 0.2) is 78.4 Å². The Hall–Kier alpha value is -4.83. The lowest BCUT2D eigenvalue weighted by molar-refractivity contribution is -0.120. The fraction of sp³-hybridized carbons (Fsp3) is 0.138. The molecule has 2 amide bonds. The predicted molar refractivity (Wildman–Crippen MR) is 150 cm³/mol. The van der Waals surface area contributed by atoms with Crippen LogP contribution in [0.2, 0.25) is 0 Å². The van der Waals surface area contributed by atoms with Gasteiger partial charge in [0, 0.05) is 47.9 Å². The van der Waals surface area contributed by atoms with E-state index in [4.69, 9.17) is 4.98 Å². The first-order chi connectivity index (χ1) is 19.1. The maximum absolute atomic E-state index is 13.5. The van der Waals surface area contributed by atoms with Crippen LogP contribution in [0.5, 0.6) is 0 Å². The minimum atomic E-state index is -0.784. The van der Waals surface area contributed by atoms with Crippen molar-refractivity contribution in [1.29, 1.82) is 0 Å². The monoisotopic (exact) mass is 533 g/mol. The van der Waals surface area contributed by atoms with Gasteiger partial charge in [0.05, 0.1) is 11.2 Å². The number of carbonyl (C=O) groups excluding carboxylic acids is 2. The Bertz CT molecular complexity index is 1870. The summed E-state index contributed by atoms with van der Waals surface area (Å²) in [6.45, 7) is 0. The maximum Gasteiger partial charge on any atom is 0.291 e. The second kappa shape index (κ2) is 9.17. The van der Waals surface area contributed by atoms with Crippen molar-refractivity contribution in [2.24, 2.45) is 0 Å². The lowest BCUT2D eigenvalue weighted by atomic mass is 10.1. The number of likely N-dealkylation sites (N-methyl/N-ethyl adjacent to an activating group) is 1. The van der Waals surface area contributed by atoms with E-state index in [-0.39, 0.29) is 11.7 Å². The summed E-state index contributed by atoms with van der Waals surface area (Å²) < 4.78 is 2.07. The number of hydrogen-bond donors (Lipinski definition) is 2. The number of H-pyrrole nitrogens is 1. The summed E-state index contributed by atoms with van der Waals surface area (Å²) in [5.74, 6) is 0.738. The van der Waals surface area contributed by atoms with E-state index in [0.29, 0.717) is 18.7 Å². The van der Waals surface area contributed by atoms with E-state index in [1.807, 2.05) is 60.1 Å². The fourth-order valence-corrected chi connectivity index (χ4v) is 6.01. The van der Waals surface area contributed by atoms with Gasteiger partial charge in [0.1, 0.15) is 17.7 Å². The summed E-state index contributed by atoms with van der Waals surface area (Å²) in [6.07, 6.45) is 4.72. The van der Waals surface area contributed by atoms with Crippen molar-refractivity contribution in [2.45, 2.75) is 18.9 Å². The van der Waals surface area contributed by atoms with Gasteiger partial charge in [-0.3, -0.25) is 14.7 Å². The molecule has 0 saturated carbocycles. The van der Waals surface area contributed by atoms with Crippen LogP contribution in [0.25, 0.3) is 27.5 Å². The van der Waals surface area contributed by atoms with Crippen LogP contribution >= 0.6 is 11.3 Å². The van der Waals surface area contributed by atoms with Gasteiger partial charge < -0.3 is 14.8 Å². The number of anilines is 1. The lowest BCUT2D eigenvalue weighted by Crippen LogP contribution is -2.48. The quantitative estimate of drug-likeness (QED) is 0.344. The van der Waals surface area contributed by atoms with Crippen LogP contribution in [0, 0.1) is 0 Å². The number of hydrogen-bond acceptors (Lipinski definition) is 6. The smallest absolute Gasteiger partial charge is 0.291 e. The van der Waals surface area contributed by atoms with E-state index in [1.54, 1.807) is 29.5 Å². The molecule has 10 heteroatoms. The second-order valence-corrected chi connectivity index (χ2v) is 10.6. The number of amides is 2. The Morgan fingerprint density at radius 3 is 2.90 bits per heavy atom. The Morgan fingerprint density at radius 2 is 2.03 bits per heavy atom. The van der Waals surface area contributed by atoms with Gasteiger partial charge >= 0.3 is 0 Å². The zero-order valence-corrected chi connectivity index (χ0v) is 21.8. The summed E-state index contributed by atoms with van der Waals surface area (Å²) in [5, 5.41) is 14.9. The number of benzene rings is 2.